The first-order valence-electron chi connectivity index (χ1n) is 4.93. The lowest BCUT2D eigenvalue weighted by molar-refractivity contribution is 0.998. The first-order chi connectivity index (χ1) is 7.75. The minimum absolute atomic E-state index is 0.660. The molecule has 2 N–H and O–H groups in total. The Balaban J connectivity index is 1.90. The highest BCUT2D eigenvalue weighted by Gasteiger charge is 2.01. The van der Waals surface area contributed by atoms with Crippen LogP contribution < -0.4 is 5.32 Å². The number of aromatic nitrogens is 2. The Morgan fingerprint density at radius 1 is 1.31 bits per heavy atom. The third-order valence-corrected chi connectivity index (χ3v) is 2.79. The molecule has 0 unspecified atom stereocenters. The molecule has 0 saturated heterocycles. The highest BCUT2D eigenvalue weighted by atomic mass is 35.5. The molecule has 0 aliphatic rings. The minimum atomic E-state index is 0.660. The molecule has 1 aromatic heterocycles. The van der Waals surface area contributed by atoms with E-state index in [1.165, 1.54) is 0 Å². The molecular weight excluding hydrogens is 245 g/mol. The van der Waals surface area contributed by atoms with Crippen LogP contribution in [0.4, 0.5) is 5.95 Å². The molecule has 0 atom stereocenters. The van der Waals surface area contributed by atoms with Crippen LogP contribution in [0.3, 0.4) is 0 Å². The third-order valence-electron chi connectivity index (χ3n) is 2.20. The van der Waals surface area contributed by atoms with E-state index in [2.05, 4.69) is 15.3 Å². The molecule has 0 bridgehead atoms. The summed E-state index contributed by atoms with van der Waals surface area (Å²) in [5.74, 6) is 0.769. The number of imidazole rings is 1. The molecule has 5 heteroatoms. The van der Waals surface area contributed by atoms with Crippen molar-refractivity contribution in [1.82, 2.24) is 9.97 Å². The molecule has 0 aliphatic carbocycles. The van der Waals surface area contributed by atoms with Gasteiger partial charge in [-0.05, 0) is 24.1 Å². The van der Waals surface area contributed by atoms with Crippen molar-refractivity contribution < 1.29 is 0 Å². The normalized spacial score (nSPS) is 10.4. The summed E-state index contributed by atoms with van der Waals surface area (Å²) in [5, 5.41) is 4.52. The van der Waals surface area contributed by atoms with Gasteiger partial charge in [-0.2, -0.15) is 0 Å². The van der Waals surface area contributed by atoms with E-state index in [1.807, 2.05) is 12.1 Å². The Hall–Kier alpha value is -1.19. The van der Waals surface area contributed by atoms with Crippen molar-refractivity contribution in [3.05, 3.63) is 46.2 Å². The van der Waals surface area contributed by atoms with Crippen LogP contribution in [0.15, 0.2) is 30.6 Å². The fourth-order valence-corrected chi connectivity index (χ4v) is 1.90. The van der Waals surface area contributed by atoms with Crippen molar-refractivity contribution in [2.24, 2.45) is 0 Å². The second-order valence-corrected chi connectivity index (χ2v) is 4.19. The van der Waals surface area contributed by atoms with Crippen LogP contribution in [0.25, 0.3) is 0 Å². The van der Waals surface area contributed by atoms with E-state index in [-0.39, 0.29) is 0 Å². The van der Waals surface area contributed by atoms with Gasteiger partial charge in [0, 0.05) is 29.0 Å². The van der Waals surface area contributed by atoms with Crippen molar-refractivity contribution in [2.45, 2.75) is 6.42 Å². The summed E-state index contributed by atoms with van der Waals surface area (Å²) in [5.41, 5.74) is 1.07. The Labute approximate surface area is 104 Å². The Bertz CT molecular complexity index is 454. The van der Waals surface area contributed by atoms with E-state index in [0.717, 1.165) is 24.5 Å². The maximum absolute atomic E-state index is 6.05. The lowest BCUT2D eigenvalue weighted by atomic mass is 10.1. The van der Waals surface area contributed by atoms with E-state index in [1.54, 1.807) is 18.5 Å². The smallest absolute Gasteiger partial charge is 0.200 e. The maximum atomic E-state index is 6.05. The summed E-state index contributed by atoms with van der Waals surface area (Å²) in [6.45, 7) is 0.773. The molecule has 84 valence electrons. The van der Waals surface area contributed by atoms with Crippen LogP contribution in [-0.2, 0) is 6.42 Å². The number of aromatic amines is 1. The standard InChI is InChI=1S/C11H11Cl2N3/c12-9-2-1-8(10(13)7-9)3-4-14-11-15-5-6-16-11/h1-2,5-7H,3-4H2,(H2,14,15,16). The summed E-state index contributed by atoms with van der Waals surface area (Å²) < 4.78 is 0. The van der Waals surface area contributed by atoms with Crippen LogP contribution in [0.1, 0.15) is 5.56 Å². The zero-order chi connectivity index (χ0) is 11.4. The molecule has 0 fully saturated rings. The van der Waals surface area contributed by atoms with Gasteiger partial charge in [0.25, 0.3) is 0 Å². The minimum Gasteiger partial charge on any atom is -0.355 e. The highest BCUT2D eigenvalue weighted by molar-refractivity contribution is 6.35. The molecule has 2 rings (SSSR count). The van der Waals surface area contributed by atoms with Crippen LogP contribution >= 0.6 is 23.2 Å². The van der Waals surface area contributed by atoms with Gasteiger partial charge < -0.3 is 10.3 Å². The molecule has 0 aliphatic heterocycles. The van der Waals surface area contributed by atoms with Crippen molar-refractivity contribution in [1.29, 1.82) is 0 Å². The average Bonchev–Trinajstić information content (AvgIpc) is 2.74. The fraction of sp³-hybridized carbons (Fsp3) is 0.182. The number of nitrogens with zero attached hydrogens (tertiary/aromatic N) is 1. The monoisotopic (exact) mass is 255 g/mol. The first-order valence-corrected chi connectivity index (χ1v) is 5.68. The van der Waals surface area contributed by atoms with Gasteiger partial charge in [0.1, 0.15) is 0 Å². The summed E-state index contributed by atoms with van der Waals surface area (Å²) in [6, 6.07) is 5.54. The number of hydrogen-bond acceptors (Lipinski definition) is 2. The van der Waals surface area contributed by atoms with Gasteiger partial charge in [-0.3, -0.25) is 0 Å². The molecule has 0 saturated carbocycles. The summed E-state index contributed by atoms with van der Waals surface area (Å²) >= 11 is 11.9. The molecule has 2 aromatic rings. The van der Waals surface area contributed by atoms with Crippen molar-refractivity contribution in [2.75, 3.05) is 11.9 Å². The number of rotatable bonds is 4. The van der Waals surface area contributed by atoms with Gasteiger partial charge in [0.05, 0.1) is 0 Å². The average molecular weight is 256 g/mol. The van der Waals surface area contributed by atoms with Gasteiger partial charge >= 0.3 is 0 Å². The Kier molecular flexibility index (Phi) is 3.70. The van der Waals surface area contributed by atoms with Gasteiger partial charge in [0.2, 0.25) is 0 Å². The molecule has 1 aromatic carbocycles. The van der Waals surface area contributed by atoms with E-state index in [4.69, 9.17) is 23.2 Å². The van der Waals surface area contributed by atoms with Gasteiger partial charge in [-0.25, -0.2) is 4.98 Å². The number of halogens is 2. The lowest BCUT2D eigenvalue weighted by Crippen LogP contribution is -2.06. The molecule has 1 heterocycles. The molecule has 0 amide bonds. The first kappa shape index (κ1) is 11.3. The molecule has 0 spiro atoms. The van der Waals surface area contributed by atoms with Gasteiger partial charge in [-0.1, -0.05) is 29.3 Å². The summed E-state index contributed by atoms with van der Waals surface area (Å²) in [6.07, 6.45) is 4.31. The number of anilines is 1. The van der Waals surface area contributed by atoms with Crippen LogP contribution in [0.2, 0.25) is 10.0 Å². The lowest BCUT2D eigenvalue weighted by Gasteiger charge is -2.05. The van der Waals surface area contributed by atoms with Crippen LogP contribution in [-0.4, -0.2) is 16.5 Å². The quantitative estimate of drug-likeness (QED) is 0.880. The topological polar surface area (TPSA) is 40.7 Å². The zero-order valence-electron chi connectivity index (χ0n) is 8.50. The largest absolute Gasteiger partial charge is 0.355 e. The predicted octanol–water partition coefficient (Wildman–Crippen LogP) is 3.37. The zero-order valence-corrected chi connectivity index (χ0v) is 10.0. The van der Waals surface area contributed by atoms with Crippen molar-refractivity contribution >= 4 is 29.2 Å². The second-order valence-electron chi connectivity index (χ2n) is 3.35. The van der Waals surface area contributed by atoms with Crippen LogP contribution in [0, 0.1) is 0 Å². The molecule has 3 nitrogen and oxygen atoms in total. The number of H-pyrrole nitrogens is 1. The van der Waals surface area contributed by atoms with Crippen molar-refractivity contribution in [3.8, 4) is 0 Å². The maximum Gasteiger partial charge on any atom is 0.200 e. The number of benzene rings is 1. The Morgan fingerprint density at radius 2 is 2.19 bits per heavy atom. The summed E-state index contributed by atoms with van der Waals surface area (Å²) in [7, 11) is 0. The van der Waals surface area contributed by atoms with Crippen LogP contribution in [0.5, 0.6) is 0 Å². The number of nitrogens with one attached hydrogen (secondary N) is 2. The number of hydrogen-bond donors (Lipinski definition) is 2. The Morgan fingerprint density at radius 3 is 2.88 bits per heavy atom. The van der Waals surface area contributed by atoms with Gasteiger partial charge in [-0.15, -0.1) is 0 Å². The highest BCUT2D eigenvalue weighted by Crippen LogP contribution is 2.21. The van der Waals surface area contributed by atoms with Crippen molar-refractivity contribution in [3.63, 3.8) is 0 Å². The van der Waals surface area contributed by atoms with Gasteiger partial charge in [0.15, 0.2) is 5.95 Å². The van der Waals surface area contributed by atoms with E-state index in [9.17, 15) is 0 Å². The summed E-state index contributed by atoms with van der Waals surface area (Å²) in [4.78, 5) is 7.03. The predicted molar refractivity (Wildman–Crippen MR) is 67.2 cm³/mol. The SMILES string of the molecule is Clc1ccc(CCNc2ncc[nH]2)c(Cl)c1. The fourth-order valence-electron chi connectivity index (χ4n) is 1.40. The second kappa shape index (κ2) is 5.23. The van der Waals surface area contributed by atoms with E-state index >= 15 is 0 Å². The molecular formula is C11H11Cl2N3. The molecule has 16 heavy (non-hydrogen) atoms. The third kappa shape index (κ3) is 2.90. The van der Waals surface area contributed by atoms with E-state index in [0.29, 0.717) is 10.0 Å². The molecule has 0 radical (unpaired) electrons. The van der Waals surface area contributed by atoms with E-state index < -0.39 is 0 Å².